The van der Waals surface area contributed by atoms with Gasteiger partial charge < -0.3 is 34.4 Å². The van der Waals surface area contributed by atoms with Gasteiger partial charge >= 0.3 is 0 Å². The number of likely N-dealkylation sites (tertiary alicyclic amines) is 3. The number of carbonyl (C=O) groups excluding carboxylic acids is 5. The molecule has 1 atom stereocenters. The van der Waals surface area contributed by atoms with Crippen molar-refractivity contribution in [2.45, 2.75) is 152 Å². The van der Waals surface area contributed by atoms with Gasteiger partial charge in [0, 0.05) is 98.8 Å². The fourth-order valence-electron chi connectivity index (χ4n) is 14.1. The standard InChI is InChI=1S/C61H73N11O5/c1-38(2)71-37-63-51-35-50(65-56(55(51)71)64-45-12-13-45)43-10-15-49-52(32-43)72(47-33-46(34-47)67-24-4-3-5-25-67)60(77)61(49)22-30-70(31-23-61)58(75)41-8-6-39(7-9-41)40-18-28-69(29-19-40)59(76)42-20-26-68(27-21-42)53-16-11-44(36-62-53)48-14-17-54(73)66-57(48)74/h6-11,15-16,32,35-38,40,42,45-48H,3-5,12-14,17-31,33-34H2,1-2H3,(H,64,65)(H,66,73,74). The van der Waals surface area contributed by atoms with E-state index in [0.717, 1.165) is 141 Å². The van der Waals surface area contributed by atoms with E-state index < -0.39 is 5.41 Å². The van der Waals surface area contributed by atoms with Crippen LogP contribution in [0.5, 0.6) is 0 Å². The van der Waals surface area contributed by atoms with Gasteiger partial charge in [0.25, 0.3) is 5.91 Å². The molecule has 2 saturated carbocycles. The van der Waals surface area contributed by atoms with Crippen LogP contribution in [0.1, 0.15) is 155 Å². The normalized spacial score (nSPS) is 24.4. The predicted molar refractivity (Wildman–Crippen MR) is 296 cm³/mol. The zero-order chi connectivity index (χ0) is 52.5. The second-order valence-corrected chi connectivity index (χ2v) is 24.0. The number of hydrogen-bond acceptors (Lipinski definition) is 11. The molecule has 6 aliphatic heterocycles. The van der Waals surface area contributed by atoms with Crippen molar-refractivity contribution in [3.05, 3.63) is 95.4 Å². The van der Waals surface area contributed by atoms with Gasteiger partial charge in [-0.05, 0) is 163 Å². The number of imidazole rings is 1. The molecular formula is C61H73N11O5. The summed E-state index contributed by atoms with van der Waals surface area (Å²) in [4.78, 5) is 93.1. The topological polar surface area (TPSA) is 169 Å². The van der Waals surface area contributed by atoms with Gasteiger partial charge in [0.05, 0.1) is 28.9 Å². The molecule has 2 N–H and O–H groups in total. The van der Waals surface area contributed by atoms with Crippen molar-refractivity contribution in [2.24, 2.45) is 5.92 Å². The van der Waals surface area contributed by atoms with Gasteiger partial charge in [0.1, 0.15) is 11.3 Å². The van der Waals surface area contributed by atoms with E-state index in [4.69, 9.17) is 9.97 Å². The van der Waals surface area contributed by atoms with Crippen LogP contribution in [-0.4, -0.2) is 134 Å². The highest BCUT2D eigenvalue weighted by atomic mass is 16.2. The summed E-state index contributed by atoms with van der Waals surface area (Å²) in [7, 11) is 0. The Morgan fingerprint density at radius 3 is 2.17 bits per heavy atom. The van der Waals surface area contributed by atoms with E-state index in [1.165, 1.54) is 24.8 Å². The number of imide groups is 1. The molecule has 5 aromatic rings. The third-order valence-electron chi connectivity index (χ3n) is 19.0. The van der Waals surface area contributed by atoms with E-state index in [0.29, 0.717) is 62.3 Å². The molecule has 77 heavy (non-hydrogen) atoms. The van der Waals surface area contributed by atoms with Gasteiger partial charge in [-0.1, -0.05) is 36.8 Å². The molecule has 0 radical (unpaired) electrons. The minimum Gasteiger partial charge on any atom is -0.366 e. The van der Waals surface area contributed by atoms with Gasteiger partial charge in [-0.3, -0.25) is 29.3 Å². The number of rotatable bonds is 11. The first-order valence-electron chi connectivity index (χ1n) is 29.1. The van der Waals surface area contributed by atoms with Crippen molar-refractivity contribution in [1.29, 1.82) is 0 Å². The number of benzene rings is 2. The van der Waals surface area contributed by atoms with Crippen molar-refractivity contribution in [1.82, 2.24) is 39.5 Å². The van der Waals surface area contributed by atoms with Crippen LogP contribution in [0.25, 0.3) is 22.3 Å². The molecule has 8 aliphatic rings. The summed E-state index contributed by atoms with van der Waals surface area (Å²) in [6, 6.07) is 22.1. The predicted octanol–water partition coefficient (Wildman–Crippen LogP) is 8.33. The molecule has 13 rings (SSSR count). The van der Waals surface area contributed by atoms with E-state index in [2.05, 4.69) is 90.0 Å². The number of nitrogens with zero attached hydrogens (tertiary/aromatic N) is 9. The summed E-state index contributed by atoms with van der Waals surface area (Å²) in [6.45, 7) is 10.6. The summed E-state index contributed by atoms with van der Waals surface area (Å²) < 4.78 is 2.20. The Labute approximate surface area is 451 Å². The number of amides is 5. The number of nitrogens with one attached hydrogen (secondary N) is 2. The molecular weight excluding hydrogens is 967 g/mol. The summed E-state index contributed by atoms with van der Waals surface area (Å²) >= 11 is 0. The lowest BCUT2D eigenvalue weighted by atomic mass is 9.73. The summed E-state index contributed by atoms with van der Waals surface area (Å²) in [5, 5.41) is 6.14. The molecule has 5 saturated heterocycles. The maximum atomic E-state index is 15.3. The minimum absolute atomic E-state index is 0.0103. The van der Waals surface area contributed by atoms with Crippen molar-refractivity contribution in [2.75, 3.05) is 67.5 Å². The van der Waals surface area contributed by atoms with Crippen molar-refractivity contribution >= 4 is 57.9 Å². The molecule has 9 heterocycles. The fourth-order valence-corrected chi connectivity index (χ4v) is 14.1. The molecule has 402 valence electrons. The fraction of sp³-hybridized carbons (Fsp3) is 0.541. The van der Waals surface area contributed by atoms with Crippen molar-refractivity contribution in [3.8, 4) is 11.3 Å². The number of piperidine rings is 5. The Kier molecular flexibility index (Phi) is 13.1. The maximum Gasteiger partial charge on any atom is 0.253 e. The summed E-state index contributed by atoms with van der Waals surface area (Å²) in [5.41, 5.74) is 7.91. The SMILES string of the molecule is CC(C)n1cnc2cc(-c3ccc4c(c3)N(C3CC(N5CCCCC5)C3)C(=O)C43CCN(C(=O)c4ccc(C5CCN(C(=O)C6CCN(c7ccc(C8CCC(=O)NC8=O)cn7)CC6)CC5)cc4)CC3)nc(NC3CC3)c21. The van der Waals surface area contributed by atoms with Crippen LogP contribution in [0, 0.1) is 5.92 Å². The lowest BCUT2D eigenvalue weighted by Crippen LogP contribution is -2.58. The number of carbonyl (C=O) groups is 5. The minimum atomic E-state index is -0.683. The third-order valence-corrected chi connectivity index (χ3v) is 19.0. The zero-order valence-electron chi connectivity index (χ0n) is 44.8. The molecule has 1 spiro atoms. The highest BCUT2D eigenvalue weighted by Crippen LogP contribution is 2.52. The van der Waals surface area contributed by atoms with Gasteiger partial charge in [0.2, 0.25) is 23.6 Å². The Hall–Kier alpha value is -6.68. The molecule has 0 bridgehead atoms. The lowest BCUT2D eigenvalue weighted by Gasteiger charge is -2.48. The first kappa shape index (κ1) is 49.9. The summed E-state index contributed by atoms with van der Waals surface area (Å²) in [5.74, 6) is 1.64. The van der Waals surface area contributed by atoms with Crippen LogP contribution in [0.3, 0.4) is 0 Å². The molecule has 1 unspecified atom stereocenters. The average Bonchev–Trinajstić information content (AvgIpc) is 4.33. The van der Waals surface area contributed by atoms with Crippen LogP contribution < -0.4 is 20.4 Å². The first-order chi connectivity index (χ1) is 37.5. The van der Waals surface area contributed by atoms with E-state index in [1.807, 2.05) is 35.5 Å². The van der Waals surface area contributed by atoms with Crippen LogP contribution in [0.15, 0.2) is 73.2 Å². The Morgan fingerprint density at radius 1 is 0.740 bits per heavy atom. The number of anilines is 3. The molecule has 7 fully saturated rings. The van der Waals surface area contributed by atoms with Crippen LogP contribution in [0.4, 0.5) is 17.3 Å². The van der Waals surface area contributed by atoms with E-state index in [9.17, 15) is 19.2 Å². The third kappa shape index (κ3) is 9.35. The number of pyridine rings is 2. The van der Waals surface area contributed by atoms with E-state index in [1.54, 1.807) is 6.20 Å². The van der Waals surface area contributed by atoms with E-state index in [-0.39, 0.29) is 53.5 Å². The highest BCUT2D eigenvalue weighted by Gasteiger charge is 2.56. The Balaban J connectivity index is 0.642. The van der Waals surface area contributed by atoms with Crippen molar-refractivity contribution < 1.29 is 24.0 Å². The first-order valence-corrected chi connectivity index (χ1v) is 29.1. The van der Waals surface area contributed by atoms with Crippen molar-refractivity contribution in [3.63, 3.8) is 0 Å². The quantitative estimate of drug-likeness (QED) is 0.122. The molecule has 2 aromatic carbocycles. The largest absolute Gasteiger partial charge is 0.366 e. The maximum absolute atomic E-state index is 15.3. The number of hydrogen-bond donors (Lipinski definition) is 2. The average molecular weight is 1040 g/mol. The smallest absolute Gasteiger partial charge is 0.253 e. The second kappa shape index (κ2) is 20.3. The second-order valence-electron chi connectivity index (χ2n) is 24.0. The number of aromatic nitrogens is 4. The van der Waals surface area contributed by atoms with Crippen LogP contribution in [0.2, 0.25) is 0 Å². The lowest BCUT2D eigenvalue weighted by molar-refractivity contribution is -0.137. The van der Waals surface area contributed by atoms with Gasteiger partial charge in [-0.15, -0.1) is 0 Å². The molecule has 2 aliphatic carbocycles. The van der Waals surface area contributed by atoms with Gasteiger partial charge in [-0.2, -0.15) is 0 Å². The van der Waals surface area contributed by atoms with Crippen LogP contribution in [-0.2, 0) is 24.6 Å². The molecule has 5 amide bonds. The molecule has 3 aromatic heterocycles. The highest BCUT2D eigenvalue weighted by molar-refractivity contribution is 6.10. The van der Waals surface area contributed by atoms with E-state index >= 15 is 4.79 Å². The number of fused-ring (bicyclic) bond motifs is 3. The molecule has 16 heteroatoms. The molecule has 16 nitrogen and oxygen atoms in total. The summed E-state index contributed by atoms with van der Waals surface area (Å²) in [6.07, 6.45) is 17.1. The van der Waals surface area contributed by atoms with Gasteiger partial charge in [0.15, 0.2) is 5.82 Å². The van der Waals surface area contributed by atoms with Gasteiger partial charge in [-0.25, -0.2) is 15.0 Å². The van der Waals surface area contributed by atoms with Crippen LogP contribution >= 0.6 is 0 Å². The zero-order valence-corrected chi connectivity index (χ0v) is 44.8. The Morgan fingerprint density at radius 2 is 1.48 bits per heavy atom. The monoisotopic (exact) mass is 1040 g/mol. The Bertz CT molecular complexity index is 3080.